The van der Waals surface area contributed by atoms with Gasteiger partial charge in [-0.2, -0.15) is 0 Å². The minimum atomic E-state index is -0.743. The molecule has 0 spiro atoms. The van der Waals surface area contributed by atoms with E-state index in [1.807, 2.05) is 38.1 Å². The number of aryl methyl sites for hydroxylation is 2. The molecule has 0 saturated carbocycles. The number of ether oxygens (including phenoxy) is 1. The number of ketones is 1. The van der Waals surface area contributed by atoms with E-state index in [1.165, 1.54) is 0 Å². The first-order valence-electron chi connectivity index (χ1n) is 9.29. The number of benzene rings is 3. The van der Waals surface area contributed by atoms with Gasteiger partial charge >= 0.3 is 0 Å². The summed E-state index contributed by atoms with van der Waals surface area (Å²) in [6, 6.07) is 19.3. The number of rotatable bonds is 6. The van der Waals surface area contributed by atoms with Crippen LogP contribution in [0.25, 0.3) is 0 Å². The normalized spacial score (nSPS) is 11.6. The van der Waals surface area contributed by atoms with E-state index in [9.17, 15) is 9.59 Å². The monoisotopic (exact) mass is 407 g/mol. The Morgan fingerprint density at radius 1 is 0.931 bits per heavy atom. The fourth-order valence-corrected chi connectivity index (χ4v) is 3.01. The smallest absolute Gasteiger partial charge is 0.265 e. The van der Waals surface area contributed by atoms with Gasteiger partial charge in [0.05, 0.1) is 5.69 Å². The molecule has 3 aromatic rings. The highest BCUT2D eigenvalue weighted by Gasteiger charge is 2.20. The molecule has 0 heterocycles. The molecule has 0 aliphatic heterocycles. The summed E-state index contributed by atoms with van der Waals surface area (Å²) in [6.07, 6.45) is -0.743. The maximum atomic E-state index is 12.9. The number of halogens is 1. The minimum Gasteiger partial charge on any atom is -0.481 e. The van der Waals surface area contributed by atoms with Crippen molar-refractivity contribution in [1.29, 1.82) is 0 Å². The molecule has 3 aromatic carbocycles. The van der Waals surface area contributed by atoms with Crippen LogP contribution >= 0.6 is 11.6 Å². The minimum absolute atomic E-state index is 0.217. The molecule has 4 nitrogen and oxygen atoms in total. The summed E-state index contributed by atoms with van der Waals surface area (Å²) in [6.45, 7) is 5.67. The van der Waals surface area contributed by atoms with Gasteiger partial charge in [-0.3, -0.25) is 9.59 Å². The highest BCUT2D eigenvalue weighted by Crippen LogP contribution is 2.24. The Kier molecular flexibility index (Phi) is 6.35. The summed E-state index contributed by atoms with van der Waals surface area (Å²) < 4.78 is 5.77. The van der Waals surface area contributed by atoms with Crippen molar-refractivity contribution in [2.24, 2.45) is 0 Å². The Bertz CT molecular complexity index is 1050. The number of hydrogen-bond acceptors (Lipinski definition) is 3. The molecule has 0 fully saturated rings. The zero-order valence-electron chi connectivity index (χ0n) is 16.5. The molecule has 0 radical (unpaired) electrons. The van der Waals surface area contributed by atoms with Crippen LogP contribution in [-0.4, -0.2) is 17.8 Å². The third-order valence-corrected chi connectivity index (χ3v) is 4.92. The van der Waals surface area contributed by atoms with Crippen molar-refractivity contribution in [2.45, 2.75) is 26.9 Å². The summed E-state index contributed by atoms with van der Waals surface area (Å²) >= 11 is 6.09. The van der Waals surface area contributed by atoms with Crippen LogP contribution in [0.2, 0.25) is 5.02 Å². The van der Waals surface area contributed by atoms with E-state index in [0.29, 0.717) is 27.6 Å². The average Bonchev–Trinajstić information content (AvgIpc) is 2.72. The molecule has 148 valence electrons. The fraction of sp³-hybridized carbons (Fsp3) is 0.167. The second-order valence-electron chi connectivity index (χ2n) is 6.88. The second-order valence-corrected chi connectivity index (χ2v) is 7.32. The molecule has 5 heteroatoms. The molecule has 29 heavy (non-hydrogen) atoms. The maximum Gasteiger partial charge on any atom is 0.265 e. The van der Waals surface area contributed by atoms with Gasteiger partial charge in [0.25, 0.3) is 5.91 Å². The number of carbonyl (C=O) groups is 2. The zero-order valence-corrected chi connectivity index (χ0v) is 17.3. The summed E-state index contributed by atoms with van der Waals surface area (Å²) in [4.78, 5) is 25.6. The van der Waals surface area contributed by atoms with Crippen molar-refractivity contribution in [3.63, 3.8) is 0 Å². The predicted octanol–water partition coefficient (Wildman–Crippen LogP) is 5.59. The molecule has 1 N–H and O–H groups in total. The van der Waals surface area contributed by atoms with E-state index in [4.69, 9.17) is 16.3 Å². The highest BCUT2D eigenvalue weighted by atomic mass is 35.5. The summed E-state index contributed by atoms with van der Waals surface area (Å²) in [5.41, 5.74) is 3.48. The molecule has 1 atom stereocenters. The molecular weight excluding hydrogens is 386 g/mol. The van der Waals surface area contributed by atoms with Gasteiger partial charge in [-0.15, -0.1) is 0 Å². The molecule has 0 aliphatic rings. The van der Waals surface area contributed by atoms with Gasteiger partial charge in [-0.05, 0) is 62.2 Å². The van der Waals surface area contributed by atoms with Crippen molar-refractivity contribution in [1.82, 2.24) is 0 Å². The standard InChI is InChI=1S/C24H22ClNO3/c1-15-9-11-20(13-16(15)2)29-17(3)24(28)26-22-12-10-19(25)14-21(22)23(27)18-7-5-4-6-8-18/h4-14,17H,1-3H3,(H,26,28). The third kappa shape index (κ3) is 5.04. The van der Waals surface area contributed by atoms with Crippen molar-refractivity contribution >= 4 is 29.0 Å². The van der Waals surface area contributed by atoms with E-state index in [0.717, 1.165) is 11.1 Å². The zero-order chi connectivity index (χ0) is 21.0. The Morgan fingerprint density at radius 2 is 1.66 bits per heavy atom. The summed E-state index contributed by atoms with van der Waals surface area (Å²) in [5, 5.41) is 3.21. The SMILES string of the molecule is Cc1ccc(OC(C)C(=O)Nc2ccc(Cl)cc2C(=O)c2ccccc2)cc1C. The number of anilines is 1. The molecule has 0 aliphatic carbocycles. The van der Waals surface area contributed by atoms with Crippen LogP contribution in [0, 0.1) is 13.8 Å². The van der Waals surface area contributed by atoms with Crippen LogP contribution in [-0.2, 0) is 4.79 Å². The lowest BCUT2D eigenvalue weighted by molar-refractivity contribution is -0.122. The Hall–Kier alpha value is -3.11. The van der Waals surface area contributed by atoms with Crippen LogP contribution in [0.4, 0.5) is 5.69 Å². The van der Waals surface area contributed by atoms with Crippen molar-refractivity contribution < 1.29 is 14.3 Å². The molecule has 0 aromatic heterocycles. The van der Waals surface area contributed by atoms with Gasteiger partial charge in [-0.25, -0.2) is 0 Å². The molecular formula is C24H22ClNO3. The lowest BCUT2D eigenvalue weighted by atomic mass is 10.0. The number of hydrogen-bond donors (Lipinski definition) is 1. The molecule has 1 unspecified atom stereocenters. The van der Waals surface area contributed by atoms with Gasteiger partial charge in [0.1, 0.15) is 5.75 Å². The van der Waals surface area contributed by atoms with Gasteiger partial charge in [0.15, 0.2) is 11.9 Å². The Balaban J connectivity index is 1.79. The number of carbonyl (C=O) groups excluding carboxylic acids is 2. The predicted molar refractivity (Wildman–Crippen MR) is 116 cm³/mol. The quantitative estimate of drug-likeness (QED) is 0.541. The number of amides is 1. The van der Waals surface area contributed by atoms with Crippen LogP contribution in [0.1, 0.15) is 34.0 Å². The average molecular weight is 408 g/mol. The highest BCUT2D eigenvalue weighted by molar-refractivity contribution is 6.31. The first-order valence-corrected chi connectivity index (χ1v) is 9.67. The van der Waals surface area contributed by atoms with Crippen LogP contribution in [0.5, 0.6) is 5.75 Å². The molecule has 1 amide bonds. The lowest BCUT2D eigenvalue weighted by Crippen LogP contribution is -2.30. The first kappa shape index (κ1) is 20.6. The van der Waals surface area contributed by atoms with Crippen LogP contribution < -0.4 is 10.1 Å². The van der Waals surface area contributed by atoms with Crippen molar-refractivity contribution in [3.05, 3.63) is 94.0 Å². The van der Waals surface area contributed by atoms with E-state index < -0.39 is 6.10 Å². The number of nitrogens with one attached hydrogen (secondary N) is 1. The van der Waals surface area contributed by atoms with Gasteiger partial charge < -0.3 is 10.1 Å². The largest absolute Gasteiger partial charge is 0.481 e. The van der Waals surface area contributed by atoms with Crippen molar-refractivity contribution in [2.75, 3.05) is 5.32 Å². The van der Waals surface area contributed by atoms with E-state index in [-0.39, 0.29) is 11.7 Å². The molecule has 3 rings (SSSR count). The van der Waals surface area contributed by atoms with Crippen LogP contribution in [0.15, 0.2) is 66.7 Å². The van der Waals surface area contributed by atoms with Gasteiger partial charge in [0, 0.05) is 16.1 Å². The molecule has 0 saturated heterocycles. The second kappa shape index (κ2) is 8.93. The summed E-state index contributed by atoms with van der Waals surface area (Å²) in [5.74, 6) is 0.0474. The Labute approximate surface area is 175 Å². The Morgan fingerprint density at radius 3 is 2.34 bits per heavy atom. The maximum absolute atomic E-state index is 12.9. The van der Waals surface area contributed by atoms with E-state index >= 15 is 0 Å². The topological polar surface area (TPSA) is 55.4 Å². The van der Waals surface area contributed by atoms with Gasteiger partial charge in [0.2, 0.25) is 0 Å². The summed E-state index contributed by atoms with van der Waals surface area (Å²) in [7, 11) is 0. The third-order valence-electron chi connectivity index (χ3n) is 4.68. The van der Waals surface area contributed by atoms with Crippen LogP contribution in [0.3, 0.4) is 0 Å². The fourth-order valence-electron chi connectivity index (χ4n) is 2.84. The van der Waals surface area contributed by atoms with Crippen molar-refractivity contribution in [3.8, 4) is 5.75 Å². The van der Waals surface area contributed by atoms with E-state index in [2.05, 4.69) is 5.32 Å². The lowest BCUT2D eigenvalue weighted by Gasteiger charge is -2.17. The van der Waals surface area contributed by atoms with E-state index in [1.54, 1.807) is 49.4 Å². The van der Waals surface area contributed by atoms with Gasteiger partial charge in [-0.1, -0.05) is 48.0 Å². The molecule has 0 bridgehead atoms. The first-order chi connectivity index (χ1) is 13.8.